The van der Waals surface area contributed by atoms with Crippen molar-refractivity contribution in [2.75, 3.05) is 0 Å². The van der Waals surface area contributed by atoms with Crippen LogP contribution in [0.5, 0.6) is 0 Å². The summed E-state index contributed by atoms with van der Waals surface area (Å²) >= 11 is 0. The average Bonchev–Trinajstić information content (AvgIpc) is 2.47. The molecule has 0 unspecified atom stereocenters. The summed E-state index contributed by atoms with van der Waals surface area (Å²) < 4.78 is 0. The molecule has 1 aromatic heterocycles. The SMILES string of the molecule is CC(C)c1cc(-c2ccccc2)c2c(n1)C(=O)CCC2. The first-order chi connectivity index (χ1) is 9.66. The molecule has 0 spiro atoms. The Morgan fingerprint density at radius 1 is 1.10 bits per heavy atom. The first kappa shape index (κ1) is 13.0. The molecule has 0 fully saturated rings. The first-order valence-electron chi connectivity index (χ1n) is 7.29. The Labute approximate surface area is 119 Å². The Hall–Kier alpha value is -1.96. The third-order valence-electron chi connectivity index (χ3n) is 3.92. The van der Waals surface area contributed by atoms with Crippen molar-refractivity contribution in [3.63, 3.8) is 0 Å². The number of rotatable bonds is 2. The Bertz CT molecular complexity index is 644. The maximum atomic E-state index is 12.2. The lowest BCUT2D eigenvalue weighted by Gasteiger charge is -2.20. The molecule has 0 atom stereocenters. The molecule has 1 heterocycles. The van der Waals surface area contributed by atoms with E-state index < -0.39 is 0 Å². The van der Waals surface area contributed by atoms with Gasteiger partial charge in [-0.15, -0.1) is 0 Å². The largest absolute Gasteiger partial charge is 0.292 e. The van der Waals surface area contributed by atoms with E-state index in [1.165, 1.54) is 11.1 Å². The normalized spacial score (nSPS) is 14.4. The Balaban J connectivity index is 2.24. The number of Topliss-reactive ketones (excluding diaryl/α,β-unsaturated/α-hetero) is 1. The second kappa shape index (κ2) is 5.20. The monoisotopic (exact) mass is 265 g/mol. The molecule has 1 aromatic carbocycles. The van der Waals surface area contributed by atoms with Crippen LogP contribution < -0.4 is 0 Å². The number of hydrogen-bond donors (Lipinski definition) is 0. The molecule has 2 heteroatoms. The van der Waals surface area contributed by atoms with E-state index in [2.05, 4.69) is 37.0 Å². The minimum Gasteiger partial charge on any atom is -0.292 e. The van der Waals surface area contributed by atoms with Crippen LogP contribution >= 0.6 is 0 Å². The van der Waals surface area contributed by atoms with E-state index in [0.717, 1.165) is 24.1 Å². The summed E-state index contributed by atoms with van der Waals surface area (Å²) in [5, 5.41) is 0. The number of nitrogens with zero attached hydrogens (tertiary/aromatic N) is 1. The highest BCUT2D eigenvalue weighted by Crippen LogP contribution is 2.32. The Morgan fingerprint density at radius 2 is 1.85 bits per heavy atom. The third-order valence-corrected chi connectivity index (χ3v) is 3.92. The van der Waals surface area contributed by atoms with Gasteiger partial charge in [-0.1, -0.05) is 44.2 Å². The molecule has 0 aliphatic heterocycles. The number of ketones is 1. The number of hydrogen-bond acceptors (Lipinski definition) is 2. The van der Waals surface area contributed by atoms with Gasteiger partial charge in [0.05, 0.1) is 0 Å². The summed E-state index contributed by atoms with van der Waals surface area (Å²) in [4.78, 5) is 16.8. The number of fused-ring (bicyclic) bond motifs is 1. The zero-order chi connectivity index (χ0) is 14.1. The Kier molecular flexibility index (Phi) is 3.39. The van der Waals surface area contributed by atoms with Crippen LogP contribution in [0.25, 0.3) is 11.1 Å². The van der Waals surface area contributed by atoms with E-state index in [-0.39, 0.29) is 5.78 Å². The van der Waals surface area contributed by atoms with Crippen LogP contribution in [0.15, 0.2) is 36.4 Å². The van der Waals surface area contributed by atoms with Gasteiger partial charge in [-0.05, 0) is 41.5 Å². The number of carbonyl (C=O) groups is 1. The number of carbonyl (C=O) groups excluding carboxylic acids is 1. The molecule has 0 saturated heterocycles. The van der Waals surface area contributed by atoms with Crippen LogP contribution in [0.3, 0.4) is 0 Å². The quantitative estimate of drug-likeness (QED) is 0.806. The lowest BCUT2D eigenvalue weighted by atomic mass is 9.87. The lowest BCUT2D eigenvalue weighted by molar-refractivity contribution is 0.0967. The average molecular weight is 265 g/mol. The standard InChI is InChI=1S/C18H19NO/c1-12(2)16-11-15(13-7-4-3-5-8-13)14-9-6-10-17(20)18(14)19-16/h3-5,7-8,11-12H,6,9-10H2,1-2H3. The van der Waals surface area contributed by atoms with Crippen molar-refractivity contribution in [2.45, 2.75) is 39.0 Å². The predicted molar refractivity (Wildman–Crippen MR) is 81.0 cm³/mol. The molecule has 0 amide bonds. The van der Waals surface area contributed by atoms with Crippen molar-refractivity contribution in [1.82, 2.24) is 4.98 Å². The summed E-state index contributed by atoms with van der Waals surface area (Å²) in [6.07, 6.45) is 2.53. The maximum absolute atomic E-state index is 12.2. The van der Waals surface area contributed by atoms with E-state index in [1.807, 2.05) is 18.2 Å². The van der Waals surface area contributed by atoms with Crippen molar-refractivity contribution in [3.05, 3.63) is 53.3 Å². The number of benzene rings is 1. The van der Waals surface area contributed by atoms with E-state index in [0.29, 0.717) is 18.0 Å². The van der Waals surface area contributed by atoms with E-state index >= 15 is 0 Å². The van der Waals surface area contributed by atoms with Gasteiger partial charge >= 0.3 is 0 Å². The summed E-state index contributed by atoms with van der Waals surface area (Å²) in [5.74, 6) is 0.531. The lowest BCUT2D eigenvalue weighted by Crippen LogP contribution is -2.16. The fraction of sp³-hybridized carbons (Fsp3) is 0.333. The van der Waals surface area contributed by atoms with Gasteiger partial charge in [0.25, 0.3) is 0 Å². The Morgan fingerprint density at radius 3 is 2.55 bits per heavy atom. The van der Waals surface area contributed by atoms with Crippen LogP contribution in [0.1, 0.15) is 54.4 Å². The summed E-state index contributed by atoms with van der Waals surface area (Å²) in [7, 11) is 0. The van der Waals surface area contributed by atoms with Gasteiger partial charge in [-0.3, -0.25) is 4.79 Å². The second-order valence-corrected chi connectivity index (χ2v) is 5.72. The zero-order valence-corrected chi connectivity index (χ0v) is 12.0. The van der Waals surface area contributed by atoms with Crippen molar-refractivity contribution in [1.29, 1.82) is 0 Å². The van der Waals surface area contributed by atoms with Crippen molar-refractivity contribution in [3.8, 4) is 11.1 Å². The molecule has 2 aromatic rings. The molecule has 0 bridgehead atoms. The summed E-state index contributed by atoms with van der Waals surface area (Å²) in [6.45, 7) is 4.24. The molecule has 0 radical (unpaired) electrons. The second-order valence-electron chi connectivity index (χ2n) is 5.72. The molecular weight excluding hydrogens is 246 g/mol. The van der Waals surface area contributed by atoms with Gasteiger partial charge in [-0.2, -0.15) is 0 Å². The smallest absolute Gasteiger partial charge is 0.181 e. The number of aromatic nitrogens is 1. The molecule has 2 nitrogen and oxygen atoms in total. The van der Waals surface area contributed by atoms with E-state index in [9.17, 15) is 4.79 Å². The van der Waals surface area contributed by atoms with Crippen molar-refractivity contribution in [2.24, 2.45) is 0 Å². The minimum atomic E-state index is 0.200. The number of pyridine rings is 1. The predicted octanol–water partition coefficient (Wildman–Crippen LogP) is 4.39. The highest BCUT2D eigenvalue weighted by Gasteiger charge is 2.23. The molecule has 20 heavy (non-hydrogen) atoms. The van der Waals surface area contributed by atoms with Crippen LogP contribution in [0.2, 0.25) is 0 Å². The van der Waals surface area contributed by atoms with Gasteiger partial charge in [0.2, 0.25) is 0 Å². The molecule has 0 saturated carbocycles. The molecule has 1 aliphatic rings. The zero-order valence-electron chi connectivity index (χ0n) is 12.0. The highest BCUT2D eigenvalue weighted by atomic mass is 16.1. The van der Waals surface area contributed by atoms with E-state index in [1.54, 1.807) is 0 Å². The fourth-order valence-electron chi connectivity index (χ4n) is 2.79. The van der Waals surface area contributed by atoms with Crippen molar-refractivity contribution < 1.29 is 4.79 Å². The first-order valence-corrected chi connectivity index (χ1v) is 7.29. The maximum Gasteiger partial charge on any atom is 0.181 e. The van der Waals surface area contributed by atoms with Gasteiger partial charge in [-0.25, -0.2) is 4.98 Å². The molecular formula is C18H19NO. The molecule has 0 N–H and O–H groups in total. The van der Waals surface area contributed by atoms with Crippen LogP contribution in [-0.2, 0) is 6.42 Å². The van der Waals surface area contributed by atoms with Gasteiger partial charge in [0.1, 0.15) is 5.69 Å². The third kappa shape index (κ3) is 2.26. The van der Waals surface area contributed by atoms with Gasteiger partial charge in [0, 0.05) is 12.1 Å². The molecule has 3 rings (SSSR count). The topological polar surface area (TPSA) is 30.0 Å². The molecule has 1 aliphatic carbocycles. The van der Waals surface area contributed by atoms with Crippen LogP contribution in [0.4, 0.5) is 0 Å². The van der Waals surface area contributed by atoms with Crippen LogP contribution in [-0.4, -0.2) is 10.8 Å². The van der Waals surface area contributed by atoms with Gasteiger partial charge in [0.15, 0.2) is 5.78 Å². The highest BCUT2D eigenvalue weighted by molar-refractivity contribution is 5.98. The fourth-order valence-corrected chi connectivity index (χ4v) is 2.79. The summed E-state index contributed by atoms with van der Waals surface area (Å²) in [6, 6.07) is 12.5. The molecule has 102 valence electrons. The van der Waals surface area contributed by atoms with Crippen LogP contribution in [0, 0.1) is 0 Å². The summed E-state index contributed by atoms with van der Waals surface area (Å²) in [5.41, 5.74) is 5.23. The van der Waals surface area contributed by atoms with Gasteiger partial charge < -0.3 is 0 Å². The van der Waals surface area contributed by atoms with Crippen molar-refractivity contribution >= 4 is 5.78 Å². The minimum absolute atomic E-state index is 0.200. The van der Waals surface area contributed by atoms with E-state index in [4.69, 9.17) is 0 Å².